The maximum Gasteiger partial charge on any atom is 0.155 e. The minimum Gasteiger partial charge on any atom is -0.299 e. The second kappa shape index (κ2) is 6.82. The predicted octanol–water partition coefficient (Wildman–Crippen LogP) is 3.62. The first-order valence-corrected chi connectivity index (χ1v) is 7.69. The van der Waals surface area contributed by atoms with Crippen LogP contribution in [0.4, 0.5) is 0 Å². The van der Waals surface area contributed by atoms with E-state index in [0.29, 0.717) is 19.3 Å². The molecule has 0 saturated heterocycles. The van der Waals surface area contributed by atoms with E-state index in [4.69, 9.17) is 0 Å². The average molecular weight is 298 g/mol. The molecule has 1 aliphatic rings. The van der Waals surface area contributed by atoms with Gasteiger partial charge in [-0.2, -0.15) is 0 Å². The molecule has 22 heavy (non-hydrogen) atoms. The molecular weight excluding hydrogens is 276 g/mol. The van der Waals surface area contributed by atoms with Crippen molar-refractivity contribution in [2.24, 2.45) is 11.3 Å². The van der Waals surface area contributed by atoms with Crippen molar-refractivity contribution in [2.75, 3.05) is 0 Å². The Hall–Kier alpha value is -2.03. The van der Waals surface area contributed by atoms with Gasteiger partial charge in [-0.3, -0.25) is 14.4 Å². The molecule has 116 valence electrons. The maximum atomic E-state index is 12.1. The normalized spacial score (nSPS) is 18.8. The Morgan fingerprint density at radius 3 is 2.32 bits per heavy atom. The first kappa shape index (κ1) is 16.3. The number of carbonyl (C=O) groups is 3. The van der Waals surface area contributed by atoms with Crippen LogP contribution in [0.3, 0.4) is 0 Å². The van der Waals surface area contributed by atoms with Crippen molar-refractivity contribution in [3.63, 3.8) is 0 Å². The summed E-state index contributed by atoms with van der Waals surface area (Å²) in [6, 6.07) is 9.57. The Balaban J connectivity index is 1.87. The molecule has 1 aliphatic carbocycles. The van der Waals surface area contributed by atoms with Crippen LogP contribution in [0.2, 0.25) is 0 Å². The van der Waals surface area contributed by atoms with Gasteiger partial charge in [0, 0.05) is 19.3 Å². The van der Waals surface area contributed by atoms with Gasteiger partial charge in [-0.05, 0) is 23.5 Å². The van der Waals surface area contributed by atoms with Crippen molar-refractivity contribution >= 4 is 23.4 Å². The number of hydrogen-bond donors (Lipinski definition) is 0. The zero-order valence-corrected chi connectivity index (χ0v) is 13.2. The minimum absolute atomic E-state index is 0.0129. The van der Waals surface area contributed by atoms with Gasteiger partial charge in [-0.25, -0.2) is 0 Å². The van der Waals surface area contributed by atoms with E-state index < -0.39 is 5.92 Å². The van der Waals surface area contributed by atoms with Crippen LogP contribution in [0.15, 0.2) is 36.4 Å². The quantitative estimate of drug-likeness (QED) is 0.616. The predicted molar refractivity (Wildman–Crippen MR) is 86.2 cm³/mol. The van der Waals surface area contributed by atoms with E-state index in [1.165, 1.54) is 6.08 Å². The molecule has 3 nitrogen and oxygen atoms in total. The molecular formula is C19H22O3. The standard InChI is InChI=1S/C19H22O3/c1-19(2)12-17(21)16(18(22)13-19)11-10-15(20)9-8-14-6-4-3-5-7-14/h3-9,16H,10-13H2,1-2H3/b9-8-. The monoisotopic (exact) mass is 298 g/mol. The Bertz CT molecular complexity index is 576. The SMILES string of the molecule is CC1(C)CC(=O)C(CCC(=O)/C=C\c2ccccc2)C(=O)C1. The van der Waals surface area contributed by atoms with Crippen molar-refractivity contribution < 1.29 is 14.4 Å². The summed E-state index contributed by atoms with van der Waals surface area (Å²) in [6.45, 7) is 3.87. The summed E-state index contributed by atoms with van der Waals surface area (Å²) in [5.41, 5.74) is 0.726. The van der Waals surface area contributed by atoms with Crippen molar-refractivity contribution in [1.82, 2.24) is 0 Å². The summed E-state index contributed by atoms with van der Waals surface area (Å²) in [5, 5.41) is 0. The number of benzene rings is 1. The molecule has 0 unspecified atom stereocenters. The van der Waals surface area contributed by atoms with Gasteiger partial charge in [0.2, 0.25) is 0 Å². The smallest absolute Gasteiger partial charge is 0.155 e. The zero-order chi connectivity index (χ0) is 16.2. The van der Waals surface area contributed by atoms with Crippen LogP contribution in [0, 0.1) is 11.3 Å². The van der Waals surface area contributed by atoms with Gasteiger partial charge in [0.1, 0.15) is 11.6 Å². The molecule has 1 fully saturated rings. The molecule has 3 heteroatoms. The van der Waals surface area contributed by atoms with Crippen LogP contribution in [-0.4, -0.2) is 17.3 Å². The van der Waals surface area contributed by atoms with Crippen LogP contribution in [-0.2, 0) is 14.4 Å². The fourth-order valence-corrected chi connectivity index (χ4v) is 2.88. The number of rotatable bonds is 5. The van der Waals surface area contributed by atoms with Gasteiger partial charge in [-0.15, -0.1) is 0 Å². The molecule has 0 amide bonds. The van der Waals surface area contributed by atoms with E-state index in [9.17, 15) is 14.4 Å². The van der Waals surface area contributed by atoms with E-state index in [0.717, 1.165) is 5.56 Å². The molecule has 0 atom stereocenters. The number of hydrogen-bond acceptors (Lipinski definition) is 3. The Morgan fingerprint density at radius 2 is 1.73 bits per heavy atom. The maximum absolute atomic E-state index is 12.1. The highest BCUT2D eigenvalue weighted by molar-refractivity contribution is 6.05. The van der Waals surface area contributed by atoms with Gasteiger partial charge in [0.15, 0.2) is 5.78 Å². The number of ketones is 3. The first-order chi connectivity index (χ1) is 10.4. The Morgan fingerprint density at radius 1 is 1.14 bits per heavy atom. The number of Topliss-reactive ketones (excluding diaryl/α,β-unsaturated/α-hetero) is 2. The Labute approximate surface area is 131 Å². The second-order valence-corrected chi connectivity index (χ2v) is 6.75. The lowest BCUT2D eigenvalue weighted by molar-refractivity contribution is -0.139. The molecule has 0 aromatic heterocycles. The number of carbonyl (C=O) groups excluding carboxylic acids is 3. The third-order valence-electron chi connectivity index (χ3n) is 4.02. The van der Waals surface area contributed by atoms with E-state index >= 15 is 0 Å². The molecule has 0 aliphatic heterocycles. The van der Waals surface area contributed by atoms with E-state index in [1.54, 1.807) is 6.08 Å². The second-order valence-electron chi connectivity index (χ2n) is 6.75. The first-order valence-electron chi connectivity index (χ1n) is 7.69. The highest BCUT2D eigenvalue weighted by Crippen LogP contribution is 2.35. The average Bonchev–Trinajstić information content (AvgIpc) is 2.44. The molecule has 1 aromatic rings. The van der Waals surface area contributed by atoms with E-state index in [-0.39, 0.29) is 29.2 Å². The Kier molecular flexibility index (Phi) is 5.07. The van der Waals surface area contributed by atoms with Crippen LogP contribution >= 0.6 is 0 Å². The third kappa shape index (κ3) is 4.48. The van der Waals surface area contributed by atoms with Gasteiger partial charge in [0.25, 0.3) is 0 Å². The molecule has 0 bridgehead atoms. The molecule has 1 saturated carbocycles. The van der Waals surface area contributed by atoms with Crippen LogP contribution in [0.5, 0.6) is 0 Å². The molecule has 2 rings (SSSR count). The molecule has 0 N–H and O–H groups in total. The van der Waals surface area contributed by atoms with Gasteiger partial charge >= 0.3 is 0 Å². The minimum atomic E-state index is -0.581. The summed E-state index contributed by atoms with van der Waals surface area (Å²) in [5.74, 6) is -0.654. The fraction of sp³-hybridized carbons (Fsp3) is 0.421. The van der Waals surface area contributed by atoms with Crippen molar-refractivity contribution in [3.8, 4) is 0 Å². The van der Waals surface area contributed by atoms with Gasteiger partial charge in [-0.1, -0.05) is 50.3 Å². The van der Waals surface area contributed by atoms with Crippen molar-refractivity contribution in [2.45, 2.75) is 39.5 Å². The topological polar surface area (TPSA) is 51.2 Å². The van der Waals surface area contributed by atoms with E-state index in [2.05, 4.69) is 0 Å². The van der Waals surface area contributed by atoms with Crippen molar-refractivity contribution in [1.29, 1.82) is 0 Å². The lowest BCUT2D eigenvalue weighted by atomic mass is 9.70. The third-order valence-corrected chi connectivity index (χ3v) is 4.02. The molecule has 1 aromatic carbocycles. The highest BCUT2D eigenvalue weighted by atomic mass is 16.2. The van der Waals surface area contributed by atoms with E-state index in [1.807, 2.05) is 44.2 Å². The van der Waals surface area contributed by atoms with Crippen LogP contribution in [0.25, 0.3) is 6.08 Å². The lowest BCUT2D eigenvalue weighted by Gasteiger charge is -2.31. The summed E-state index contributed by atoms with van der Waals surface area (Å²) in [6.07, 6.45) is 4.72. The van der Waals surface area contributed by atoms with Gasteiger partial charge in [0.05, 0.1) is 5.92 Å². The summed E-state index contributed by atoms with van der Waals surface area (Å²) in [7, 11) is 0. The van der Waals surface area contributed by atoms with Crippen LogP contribution < -0.4 is 0 Å². The number of allylic oxidation sites excluding steroid dienone is 1. The highest BCUT2D eigenvalue weighted by Gasteiger charge is 2.39. The summed E-state index contributed by atoms with van der Waals surface area (Å²) >= 11 is 0. The van der Waals surface area contributed by atoms with Crippen molar-refractivity contribution in [3.05, 3.63) is 42.0 Å². The molecule has 0 radical (unpaired) electrons. The summed E-state index contributed by atoms with van der Waals surface area (Å²) < 4.78 is 0. The van der Waals surface area contributed by atoms with Crippen LogP contribution in [0.1, 0.15) is 45.1 Å². The molecule has 0 heterocycles. The fourth-order valence-electron chi connectivity index (χ4n) is 2.88. The lowest BCUT2D eigenvalue weighted by Crippen LogP contribution is -2.37. The largest absolute Gasteiger partial charge is 0.299 e. The molecule has 0 spiro atoms. The van der Waals surface area contributed by atoms with Gasteiger partial charge < -0.3 is 0 Å². The zero-order valence-electron chi connectivity index (χ0n) is 13.2. The summed E-state index contributed by atoms with van der Waals surface area (Å²) in [4.78, 5) is 36.0.